The second-order valence-electron chi connectivity index (χ2n) is 4.44. The number of hydrogen-bond acceptors (Lipinski definition) is 1. The van der Waals surface area contributed by atoms with E-state index in [0.717, 1.165) is 33.0 Å². The molecule has 1 aromatic rings. The van der Waals surface area contributed by atoms with Crippen LogP contribution < -0.4 is 0 Å². The molecule has 0 aromatic heterocycles. The second-order valence-corrected chi connectivity index (χ2v) is 6.40. The molecule has 0 spiro atoms. The highest BCUT2D eigenvalue weighted by Gasteiger charge is 2.25. The number of benzene rings is 1. The minimum atomic E-state index is 0.155. The maximum Gasteiger partial charge on any atom is 0.255 e. The van der Waals surface area contributed by atoms with Gasteiger partial charge in [0, 0.05) is 20.6 Å². The Morgan fingerprint density at radius 2 is 2.24 bits per heavy atom. The largest absolute Gasteiger partial charge is 0.336 e. The highest BCUT2D eigenvalue weighted by Crippen LogP contribution is 2.26. The van der Waals surface area contributed by atoms with Crippen molar-refractivity contribution in [1.29, 1.82) is 0 Å². The zero-order valence-electron chi connectivity index (χ0n) is 9.75. The third-order valence-electron chi connectivity index (χ3n) is 3.25. The SMILES string of the molecule is CC1CCCCN1C(=O)c1cccc(I)c1Br. The molecule has 1 aliphatic rings. The minimum absolute atomic E-state index is 0.155. The fourth-order valence-corrected chi connectivity index (χ4v) is 3.16. The molecule has 0 N–H and O–H groups in total. The molecule has 1 unspecified atom stereocenters. The molecule has 2 nitrogen and oxygen atoms in total. The number of likely N-dealkylation sites (tertiary alicyclic amines) is 1. The predicted octanol–water partition coefficient (Wildman–Crippen LogP) is 4.07. The van der Waals surface area contributed by atoms with Gasteiger partial charge in [0.1, 0.15) is 0 Å². The molecule has 0 saturated carbocycles. The number of carbonyl (C=O) groups is 1. The normalized spacial score (nSPS) is 20.4. The van der Waals surface area contributed by atoms with Crippen molar-refractivity contribution >= 4 is 44.4 Å². The second kappa shape index (κ2) is 5.69. The van der Waals surface area contributed by atoms with E-state index in [4.69, 9.17) is 0 Å². The monoisotopic (exact) mass is 407 g/mol. The van der Waals surface area contributed by atoms with Crippen LogP contribution in [-0.4, -0.2) is 23.4 Å². The lowest BCUT2D eigenvalue weighted by molar-refractivity contribution is 0.0634. The molecule has 17 heavy (non-hydrogen) atoms. The van der Waals surface area contributed by atoms with Crippen LogP contribution in [-0.2, 0) is 0 Å². The summed E-state index contributed by atoms with van der Waals surface area (Å²) in [6.07, 6.45) is 3.48. The van der Waals surface area contributed by atoms with Crippen LogP contribution in [0.4, 0.5) is 0 Å². The average molecular weight is 408 g/mol. The summed E-state index contributed by atoms with van der Waals surface area (Å²) in [6, 6.07) is 6.20. The number of rotatable bonds is 1. The van der Waals surface area contributed by atoms with Crippen LogP contribution in [0, 0.1) is 3.57 Å². The van der Waals surface area contributed by atoms with Gasteiger partial charge in [0.05, 0.1) is 5.56 Å². The molecular formula is C13H15BrINO. The molecule has 2 rings (SSSR count). The summed E-state index contributed by atoms with van der Waals surface area (Å²) in [5.74, 6) is 0.155. The van der Waals surface area contributed by atoms with E-state index in [1.165, 1.54) is 6.42 Å². The molecule has 1 fully saturated rings. The molecule has 1 aromatic carbocycles. The molecule has 1 atom stereocenters. The minimum Gasteiger partial charge on any atom is -0.336 e. The molecule has 0 bridgehead atoms. The van der Waals surface area contributed by atoms with Crippen LogP contribution in [0.5, 0.6) is 0 Å². The summed E-state index contributed by atoms with van der Waals surface area (Å²) in [5, 5.41) is 0. The maximum absolute atomic E-state index is 12.5. The van der Waals surface area contributed by atoms with Crippen LogP contribution in [0.25, 0.3) is 0 Å². The van der Waals surface area contributed by atoms with E-state index < -0.39 is 0 Å². The lowest BCUT2D eigenvalue weighted by Crippen LogP contribution is -2.42. The number of piperidine rings is 1. The number of carbonyl (C=O) groups excluding carboxylic acids is 1. The lowest BCUT2D eigenvalue weighted by Gasteiger charge is -2.33. The smallest absolute Gasteiger partial charge is 0.255 e. The zero-order chi connectivity index (χ0) is 12.4. The van der Waals surface area contributed by atoms with E-state index in [1.54, 1.807) is 0 Å². The Morgan fingerprint density at radius 3 is 2.94 bits per heavy atom. The van der Waals surface area contributed by atoms with Gasteiger partial charge in [-0.1, -0.05) is 6.07 Å². The molecule has 1 heterocycles. The number of halogens is 2. The van der Waals surface area contributed by atoms with Gasteiger partial charge in [-0.15, -0.1) is 0 Å². The number of nitrogens with zero attached hydrogens (tertiary/aromatic N) is 1. The third kappa shape index (κ3) is 2.84. The van der Waals surface area contributed by atoms with E-state index in [0.29, 0.717) is 6.04 Å². The van der Waals surface area contributed by atoms with Crippen LogP contribution in [0.1, 0.15) is 36.5 Å². The third-order valence-corrected chi connectivity index (χ3v) is 5.74. The fraction of sp³-hybridized carbons (Fsp3) is 0.462. The first-order valence-electron chi connectivity index (χ1n) is 5.86. The van der Waals surface area contributed by atoms with Crippen LogP contribution in [0.3, 0.4) is 0 Å². The number of amides is 1. The van der Waals surface area contributed by atoms with Crippen LogP contribution in [0.15, 0.2) is 22.7 Å². The van der Waals surface area contributed by atoms with E-state index >= 15 is 0 Å². The van der Waals surface area contributed by atoms with Gasteiger partial charge in [0.2, 0.25) is 0 Å². The van der Waals surface area contributed by atoms with Gasteiger partial charge >= 0.3 is 0 Å². The van der Waals surface area contributed by atoms with Crippen molar-refractivity contribution in [3.8, 4) is 0 Å². The van der Waals surface area contributed by atoms with Crippen LogP contribution in [0.2, 0.25) is 0 Å². The van der Waals surface area contributed by atoms with Gasteiger partial charge in [-0.05, 0) is 76.8 Å². The van der Waals surface area contributed by atoms with Crippen molar-refractivity contribution in [2.45, 2.75) is 32.2 Å². The van der Waals surface area contributed by atoms with Gasteiger partial charge in [0.25, 0.3) is 5.91 Å². The van der Waals surface area contributed by atoms with Crippen molar-refractivity contribution in [2.75, 3.05) is 6.54 Å². The summed E-state index contributed by atoms with van der Waals surface area (Å²) in [4.78, 5) is 14.5. The summed E-state index contributed by atoms with van der Waals surface area (Å²) in [5.41, 5.74) is 0.783. The summed E-state index contributed by atoms with van der Waals surface area (Å²) in [6.45, 7) is 3.02. The van der Waals surface area contributed by atoms with Gasteiger partial charge < -0.3 is 4.90 Å². The Hall–Kier alpha value is -0.100. The van der Waals surface area contributed by atoms with Crippen molar-refractivity contribution in [1.82, 2.24) is 4.90 Å². The highest BCUT2D eigenvalue weighted by molar-refractivity contribution is 14.1. The standard InChI is InChI=1S/C13H15BrINO/c1-9-5-2-3-8-16(9)13(17)10-6-4-7-11(15)12(10)14/h4,6-7,9H,2-3,5,8H2,1H3. The topological polar surface area (TPSA) is 20.3 Å². The van der Waals surface area contributed by atoms with Crippen molar-refractivity contribution in [2.24, 2.45) is 0 Å². The maximum atomic E-state index is 12.5. The quantitative estimate of drug-likeness (QED) is 0.642. The molecule has 0 radical (unpaired) electrons. The van der Waals surface area contributed by atoms with E-state index in [1.807, 2.05) is 23.1 Å². The van der Waals surface area contributed by atoms with Crippen molar-refractivity contribution in [3.63, 3.8) is 0 Å². The Morgan fingerprint density at radius 1 is 1.47 bits per heavy atom. The van der Waals surface area contributed by atoms with Gasteiger partial charge in [0.15, 0.2) is 0 Å². The molecule has 1 saturated heterocycles. The summed E-state index contributed by atoms with van der Waals surface area (Å²) >= 11 is 5.75. The lowest BCUT2D eigenvalue weighted by atomic mass is 10.0. The Bertz CT molecular complexity index is 435. The Kier molecular flexibility index (Phi) is 4.47. The van der Waals surface area contributed by atoms with Gasteiger partial charge in [-0.2, -0.15) is 0 Å². The van der Waals surface area contributed by atoms with Crippen LogP contribution >= 0.6 is 38.5 Å². The highest BCUT2D eigenvalue weighted by atomic mass is 127. The Labute approximate surface area is 124 Å². The van der Waals surface area contributed by atoms with Gasteiger partial charge in [-0.25, -0.2) is 0 Å². The van der Waals surface area contributed by atoms with E-state index in [2.05, 4.69) is 45.4 Å². The number of hydrogen-bond donors (Lipinski definition) is 0. The molecule has 4 heteroatoms. The fourth-order valence-electron chi connectivity index (χ4n) is 2.22. The van der Waals surface area contributed by atoms with E-state index in [-0.39, 0.29) is 5.91 Å². The Balaban J connectivity index is 2.27. The molecule has 0 aliphatic carbocycles. The molecular weight excluding hydrogens is 393 g/mol. The first kappa shape index (κ1) is 13.3. The first-order chi connectivity index (χ1) is 8.11. The van der Waals surface area contributed by atoms with Crippen molar-refractivity contribution in [3.05, 3.63) is 31.8 Å². The van der Waals surface area contributed by atoms with E-state index in [9.17, 15) is 4.79 Å². The summed E-state index contributed by atoms with van der Waals surface area (Å²) < 4.78 is 2.00. The molecule has 92 valence electrons. The molecule has 1 amide bonds. The van der Waals surface area contributed by atoms with Gasteiger partial charge in [-0.3, -0.25) is 4.79 Å². The first-order valence-corrected chi connectivity index (χ1v) is 7.73. The average Bonchev–Trinajstić information content (AvgIpc) is 2.32. The van der Waals surface area contributed by atoms with Crippen molar-refractivity contribution < 1.29 is 4.79 Å². The summed E-state index contributed by atoms with van der Waals surface area (Å²) in [7, 11) is 0. The predicted molar refractivity (Wildman–Crippen MR) is 81.2 cm³/mol. The zero-order valence-corrected chi connectivity index (χ0v) is 13.5. The molecule has 1 aliphatic heterocycles.